The second-order valence-corrected chi connectivity index (χ2v) is 5.67. The van der Waals surface area contributed by atoms with Crippen molar-refractivity contribution in [3.8, 4) is 5.75 Å². The Kier molecular flexibility index (Phi) is 5.08. The molecule has 0 saturated heterocycles. The highest BCUT2D eigenvalue weighted by Crippen LogP contribution is 2.36. The zero-order valence-corrected chi connectivity index (χ0v) is 12.3. The number of ether oxygens (including phenoxy) is 1. The molecule has 1 aromatic carbocycles. The molecule has 106 valence electrons. The molecular formula is C15H22ClNO2. The Morgan fingerprint density at radius 1 is 1.47 bits per heavy atom. The van der Waals surface area contributed by atoms with E-state index in [2.05, 4.69) is 12.2 Å². The first-order valence-corrected chi connectivity index (χ1v) is 7.24. The highest BCUT2D eigenvalue weighted by atomic mass is 35.5. The van der Waals surface area contributed by atoms with Gasteiger partial charge in [-0.25, -0.2) is 0 Å². The van der Waals surface area contributed by atoms with Gasteiger partial charge in [0, 0.05) is 29.3 Å². The Hall–Kier alpha value is -0.770. The molecule has 3 nitrogen and oxygen atoms in total. The van der Waals surface area contributed by atoms with E-state index in [0.29, 0.717) is 12.0 Å². The monoisotopic (exact) mass is 283 g/mol. The molecule has 0 aliphatic heterocycles. The normalized spacial score (nSPS) is 18.1. The first kappa shape index (κ1) is 14.6. The molecule has 1 fully saturated rings. The highest BCUT2D eigenvalue weighted by Gasteiger charge is 2.31. The van der Waals surface area contributed by atoms with E-state index in [9.17, 15) is 0 Å². The second kappa shape index (κ2) is 6.60. The number of aliphatic hydroxyl groups excluding tert-OH is 1. The Morgan fingerprint density at radius 2 is 2.21 bits per heavy atom. The molecule has 1 aliphatic rings. The smallest absolute Gasteiger partial charge is 0.123 e. The van der Waals surface area contributed by atoms with E-state index in [-0.39, 0.29) is 12.6 Å². The number of halogens is 1. The molecule has 0 spiro atoms. The number of aliphatic hydroxyl groups is 1. The van der Waals surface area contributed by atoms with E-state index in [0.717, 1.165) is 22.8 Å². The van der Waals surface area contributed by atoms with Crippen molar-refractivity contribution in [2.75, 3.05) is 13.7 Å². The third-order valence-electron chi connectivity index (χ3n) is 3.75. The van der Waals surface area contributed by atoms with Gasteiger partial charge in [-0.2, -0.15) is 0 Å². The number of hydrogen-bond donors (Lipinski definition) is 2. The van der Waals surface area contributed by atoms with Crippen molar-refractivity contribution in [2.45, 2.75) is 38.3 Å². The molecule has 19 heavy (non-hydrogen) atoms. The van der Waals surface area contributed by atoms with Crippen molar-refractivity contribution in [3.05, 3.63) is 28.8 Å². The summed E-state index contributed by atoms with van der Waals surface area (Å²) >= 11 is 6.07. The van der Waals surface area contributed by atoms with Crippen LogP contribution in [0, 0.1) is 5.92 Å². The van der Waals surface area contributed by atoms with Gasteiger partial charge in [0.1, 0.15) is 5.75 Å². The van der Waals surface area contributed by atoms with Crippen LogP contribution >= 0.6 is 11.6 Å². The van der Waals surface area contributed by atoms with Crippen molar-refractivity contribution in [1.82, 2.24) is 5.32 Å². The minimum Gasteiger partial charge on any atom is -0.496 e. The average Bonchev–Trinajstić information content (AvgIpc) is 3.22. The van der Waals surface area contributed by atoms with Crippen LogP contribution < -0.4 is 10.1 Å². The second-order valence-electron chi connectivity index (χ2n) is 5.23. The molecule has 1 aliphatic carbocycles. The van der Waals surface area contributed by atoms with Crippen LogP contribution in [0.2, 0.25) is 5.02 Å². The lowest BCUT2D eigenvalue weighted by Crippen LogP contribution is -2.34. The molecule has 0 bridgehead atoms. The number of rotatable bonds is 7. The molecule has 2 rings (SSSR count). The molecule has 0 amide bonds. The fourth-order valence-corrected chi connectivity index (χ4v) is 2.73. The zero-order chi connectivity index (χ0) is 13.8. The van der Waals surface area contributed by atoms with Crippen LogP contribution in [-0.2, 0) is 0 Å². The lowest BCUT2D eigenvalue weighted by Gasteiger charge is -2.24. The van der Waals surface area contributed by atoms with Gasteiger partial charge in [0.05, 0.1) is 7.11 Å². The molecule has 0 heterocycles. The van der Waals surface area contributed by atoms with Gasteiger partial charge in [-0.1, -0.05) is 11.6 Å². The van der Waals surface area contributed by atoms with Crippen LogP contribution in [0.25, 0.3) is 0 Å². The molecule has 1 aromatic rings. The Morgan fingerprint density at radius 3 is 2.79 bits per heavy atom. The van der Waals surface area contributed by atoms with Gasteiger partial charge in [0.2, 0.25) is 0 Å². The molecule has 0 radical (unpaired) electrons. The third-order valence-corrected chi connectivity index (χ3v) is 3.99. The van der Waals surface area contributed by atoms with Gasteiger partial charge in [-0.15, -0.1) is 0 Å². The maximum absolute atomic E-state index is 9.16. The summed E-state index contributed by atoms with van der Waals surface area (Å²) in [5.41, 5.74) is 1.07. The van der Waals surface area contributed by atoms with E-state index in [1.54, 1.807) is 7.11 Å². The molecular weight excluding hydrogens is 262 g/mol. The van der Waals surface area contributed by atoms with Crippen LogP contribution in [-0.4, -0.2) is 24.9 Å². The lowest BCUT2D eigenvalue weighted by atomic mass is 10.0. The SMILES string of the molecule is COc1ccc(Cl)cc1C(C)NC(CCO)C1CC1. The van der Waals surface area contributed by atoms with Gasteiger partial charge in [-0.05, 0) is 50.3 Å². The highest BCUT2D eigenvalue weighted by molar-refractivity contribution is 6.30. The van der Waals surface area contributed by atoms with Crippen LogP contribution in [0.3, 0.4) is 0 Å². The fraction of sp³-hybridized carbons (Fsp3) is 0.600. The summed E-state index contributed by atoms with van der Waals surface area (Å²) in [5.74, 6) is 1.56. The van der Waals surface area contributed by atoms with Crippen molar-refractivity contribution in [1.29, 1.82) is 0 Å². The third kappa shape index (κ3) is 3.85. The van der Waals surface area contributed by atoms with E-state index >= 15 is 0 Å². The molecule has 1 saturated carbocycles. The quantitative estimate of drug-likeness (QED) is 0.808. The molecule has 2 N–H and O–H groups in total. The summed E-state index contributed by atoms with van der Waals surface area (Å²) in [4.78, 5) is 0. The topological polar surface area (TPSA) is 41.5 Å². The number of hydrogen-bond acceptors (Lipinski definition) is 3. The predicted octanol–water partition coefficient (Wildman–Crippen LogP) is 3.16. The van der Waals surface area contributed by atoms with Gasteiger partial charge >= 0.3 is 0 Å². The Bertz CT molecular complexity index is 421. The van der Waals surface area contributed by atoms with Crippen molar-refractivity contribution in [3.63, 3.8) is 0 Å². The van der Waals surface area contributed by atoms with Gasteiger partial charge in [-0.3, -0.25) is 0 Å². The Balaban J connectivity index is 2.09. The molecule has 4 heteroatoms. The van der Waals surface area contributed by atoms with Gasteiger partial charge < -0.3 is 15.2 Å². The first-order valence-electron chi connectivity index (χ1n) is 6.86. The Labute approximate surface area is 119 Å². The van der Waals surface area contributed by atoms with Crippen molar-refractivity contribution in [2.24, 2.45) is 5.92 Å². The fourth-order valence-electron chi connectivity index (χ4n) is 2.55. The minimum absolute atomic E-state index is 0.158. The summed E-state index contributed by atoms with van der Waals surface area (Å²) in [5, 5.41) is 13.5. The van der Waals surface area contributed by atoms with Crippen LogP contribution in [0.1, 0.15) is 37.8 Å². The zero-order valence-electron chi connectivity index (χ0n) is 11.5. The van der Waals surface area contributed by atoms with Crippen LogP contribution in [0.5, 0.6) is 5.75 Å². The summed E-state index contributed by atoms with van der Waals surface area (Å²) in [7, 11) is 1.67. The first-order chi connectivity index (χ1) is 9.15. The van der Waals surface area contributed by atoms with E-state index < -0.39 is 0 Å². The molecule has 2 unspecified atom stereocenters. The van der Waals surface area contributed by atoms with Gasteiger partial charge in [0.25, 0.3) is 0 Å². The summed E-state index contributed by atoms with van der Waals surface area (Å²) in [6, 6.07) is 6.21. The largest absolute Gasteiger partial charge is 0.496 e. The predicted molar refractivity (Wildman–Crippen MR) is 77.8 cm³/mol. The standard InChI is InChI=1S/C15H22ClNO2/c1-10(17-14(7-8-18)11-3-4-11)13-9-12(16)5-6-15(13)19-2/h5-6,9-11,14,17-18H,3-4,7-8H2,1-2H3. The van der Waals surface area contributed by atoms with E-state index in [1.165, 1.54) is 12.8 Å². The number of benzene rings is 1. The summed E-state index contributed by atoms with van der Waals surface area (Å²) in [6.45, 7) is 2.34. The van der Waals surface area contributed by atoms with Crippen molar-refractivity contribution >= 4 is 11.6 Å². The molecule has 0 aromatic heterocycles. The van der Waals surface area contributed by atoms with Crippen LogP contribution in [0.15, 0.2) is 18.2 Å². The van der Waals surface area contributed by atoms with E-state index in [4.69, 9.17) is 21.4 Å². The molecule has 2 atom stereocenters. The maximum Gasteiger partial charge on any atom is 0.123 e. The number of methoxy groups -OCH3 is 1. The van der Waals surface area contributed by atoms with Crippen molar-refractivity contribution < 1.29 is 9.84 Å². The lowest BCUT2D eigenvalue weighted by molar-refractivity contribution is 0.249. The van der Waals surface area contributed by atoms with E-state index in [1.807, 2.05) is 18.2 Å². The maximum atomic E-state index is 9.16. The van der Waals surface area contributed by atoms with Crippen LogP contribution in [0.4, 0.5) is 0 Å². The minimum atomic E-state index is 0.158. The average molecular weight is 284 g/mol. The number of nitrogens with one attached hydrogen (secondary N) is 1. The summed E-state index contributed by atoms with van der Waals surface area (Å²) in [6.07, 6.45) is 3.33. The van der Waals surface area contributed by atoms with Gasteiger partial charge in [0.15, 0.2) is 0 Å². The summed E-state index contributed by atoms with van der Waals surface area (Å²) < 4.78 is 5.39.